The molecule has 2 rings (SSSR count). The van der Waals surface area contributed by atoms with Gasteiger partial charge >= 0.3 is 0 Å². The Balaban J connectivity index is 2.28. The number of nitriles is 1. The molecule has 0 saturated carbocycles. The number of hydrogen-bond donors (Lipinski definition) is 2. The molecule has 8 heteroatoms. The molecule has 0 aliphatic rings. The Morgan fingerprint density at radius 2 is 1.83 bits per heavy atom. The highest BCUT2D eigenvalue weighted by atomic mass is 32.2. The summed E-state index contributed by atoms with van der Waals surface area (Å²) < 4.78 is 32.2. The smallest absolute Gasteiger partial charge is 0.261 e. The number of benzene rings is 2. The van der Waals surface area contributed by atoms with Gasteiger partial charge in [-0.2, -0.15) is 5.26 Å². The van der Waals surface area contributed by atoms with Crippen LogP contribution in [0.15, 0.2) is 47.4 Å². The van der Waals surface area contributed by atoms with E-state index >= 15 is 0 Å². The van der Waals surface area contributed by atoms with E-state index < -0.39 is 10.0 Å². The first-order valence-electron chi connectivity index (χ1n) is 6.84. The van der Waals surface area contributed by atoms with Crippen molar-refractivity contribution in [2.24, 2.45) is 0 Å². The van der Waals surface area contributed by atoms with Crippen molar-refractivity contribution in [2.75, 3.05) is 18.9 Å². The number of amides is 1. The van der Waals surface area contributed by atoms with Gasteiger partial charge in [-0.05, 0) is 42.5 Å². The standard InChI is InChI=1S/C16H15N3O4S/c1-18-16(20)11-3-5-13(6-4-11)19-24(21,22)14-7-8-15(23-2)12(9-14)10-17/h3-9,19H,1-2H3,(H,18,20). The number of nitrogens with one attached hydrogen (secondary N) is 2. The highest BCUT2D eigenvalue weighted by Crippen LogP contribution is 2.23. The van der Waals surface area contributed by atoms with Gasteiger partial charge in [0.05, 0.1) is 17.6 Å². The summed E-state index contributed by atoms with van der Waals surface area (Å²) >= 11 is 0. The minimum Gasteiger partial charge on any atom is -0.495 e. The van der Waals surface area contributed by atoms with Crippen LogP contribution in [0.3, 0.4) is 0 Å². The van der Waals surface area contributed by atoms with Crippen LogP contribution >= 0.6 is 0 Å². The fraction of sp³-hybridized carbons (Fsp3) is 0.125. The molecule has 0 aliphatic heterocycles. The van der Waals surface area contributed by atoms with Crippen LogP contribution in [0.25, 0.3) is 0 Å². The molecule has 7 nitrogen and oxygen atoms in total. The lowest BCUT2D eigenvalue weighted by Crippen LogP contribution is -2.18. The van der Waals surface area contributed by atoms with Crippen molar-refractivity contribution in [1.82, 2.24) is 5.32 Å². The second-order valence-electron chi connectivity index (χ2n) is 4.74. The van der Waals surface area contributed by atoms with Crippen molar-refractivity contribution in [1.29, 1.82) is 5.26 Å². The van der Waals surface area contributed by atoms with Crippen molar-refractivity contribution < 1.29 is 17.9 Å². The first kappa shape index (κ1) is 17.3. The molecule has 0 radical (unpaired) electrons. The average Bonchev–Trinajstić information content (AvgIpc) is 2.60. The summed E-state index contributed by atoms with van der Waals surface area (Å²) in [4.78, 5) is 11.4. The van der Waals surface area contributed by atoms with E-state index in [1.807, 2.05) is 6.07 Å². The highest BCUT2D eigenvalue weighted by molar-refractivity contribution is 7.92. The summed E-state index contributed by atoms with van der Waals surface area (Å²) in [6, 6.07) is 11.9. The summed E-state index contributed by atoms with van der Waals surface area (Å²) in [6.45, 7) is 0. The van der Waals surface area contributed by atoms with Crippen LogP contribution in [0, 0.1) is 11.3 Å². The van der Waals surface area contributed by atoms with Crippen molar-refractivity contribution in [3.8, 4) is 11.8 Å². The minimum absolute atomic E-state index is 0.0600. The molecule has 24 heavy (non-hydrogen) atoms. The molecule has 0 unspecified atom stereocenters. The quantitative estimate of drug-likeness (QED) is 0.858. The maximum atomic E-state index is 12.4. The average molecular weight is 345 g/mol. The van der Waals surface area contributed by atoms with Crippen molar-refractivity contribution in [3.63, 3.8) is 0 Å². The second kappa shape index (κ2) is 7.02. The lowest BCUT2D eigenvalue weighted by Gasteiger charge is -2.10. The Bertz CT molecular complexity index is 900. The van der Waals surface area contributed by atoms with E-state index in [2.05, 4.69) is 10.0 Å². The molecule has 2 aromatic carbocycles. The van der Waals surface area contributed by atoms with E-state index in [-0.39, 0.29) is 16.4 Å². The summed E-state index contributed by atoms with van der Waals surface area (Å²) in [5.41, 5.74) is 0.837. The Morgan fingerprint density at radius 3 is 2.38 bits per heavy atom. The molecule has 0 spiro atoms. The first-order valence-corrected chi connectivity index (χ1v) is 8.32. The van der Waals surface area contributed by atoms with E-state index in [0.717, 1.165) is 0 Å². The zero-order valence-electron chi connectivity index (χ0n) is 13.0. The Kier molecular flexibility index (Phi) is 5.06. The van der Waals surface area contributed by atoms with E-state index in [1.165, 1.54) is 56.6 Å². The fourth-order valence-electron chi connectivity index (χ4n) is 1.99. The molecule has 2 N–H and O–H groups in total. The number of anilines is 1. The highest BCUT2D eigenvalue weighted by Gasteiger charge is 2.17. The Morgan fingerprint density at radius 1 is 1.17 bits per heavy atom. The maximum Gasteiger partial charge on any atom is 0.261 e. The fourth-order valence-corrected chi connectivity index (χ4v) is 3.07. The molecule has 2 aromatic rings. The normalized spacial score (nSPS) is 10.5. The number of carbonyl (C=O) groups is 1. The zero-order chi connectivity index (χ0) is 17.7. The van der Waals surface area contributed by atoms with Crippen LogP contribution in [0.1, 0.15) is 15.9 Å². The van der Waals surface area contributed by atoms with Gasteiger partial charge in [0.1, 0.15) is 11.8 Å². The molecule has 1 amide bonds. The monoisotopic (exact) mass is 345 g/mol. The van der Waals surface area contributed by atoms with E-state index in [9.17, 15) is 13.2 Å². The number of hydrogen-bond acceptors (Lipinski definition) is 5. The summed E-state index contributed by atoms with van der Waals surface area (Å²) in [5.74, 6) is 0.0320. The third-order valence-electron chi connectivity index (χ3n) is 3.23. The van der Waals surface area contributed by atoms with Gasteiger partial charge < -0.3 is 10.1 Å². The summed E-state index contributed by atoms with van der Waals surface area (Å²) in [5, 5.41) is 11.5. The van der Waals surface area contributed by atoms with Gasteiger partial charge in [-0.3, -0.25) is 9.52 Å². The summed E-state index contributed by atoms with van der Waals surface area (Å²) in [7, 11) is -0.958. The van der Waals surface area contributed by atoms with Gasteiger partial charge in [0.25, 0.3) is 15.9 Å². The maximum absolute atomic E-state index is 12.4. The van der Waals surface area contributed by atoms with Gasteiger partial charge in [-0.25, -0.2) is 8.42 Å². The first-order chi connectivity index (χ1) is 11.4. The predicted molar refractivity (Wildman–Crippen MR) is 88.3 cm³/mol. The number of methoxy groups -OCH3 is 1. The molecule has 0 aliphatic carbocycles. The van der Waals surface area contributed by atoms with Crippen LogP contribution < -0.4 is 14.8 Å². The SMILES string of the molecule is CNC(=O)c1ccc(NS(=O)(=O)c2ccc(OC)c(C#N)c2)cc1. The van der Waals surface area contributed by atoms with Crippen molar-refractivity contribution >= 4 is 21.6 Å². The lowest BCUT2D eigenvalue weighted by molar-refractivity contribution is 0.0963. The van der Waals surface area contributed by atoms with Crippen LogP contribution in [0.2, 0.25) is 0 Å². The number of nitrogens with zero attached hydrogens (tertiary/aromatic N) is 1. The molecular formula is C16H15N3O4S. The third-order valence-corrected chi connectivity index (χ3v) is 4.61. The third kappa shape index (κ3) is 3.64. The molecule has 0 atom stereocenters. The molecule has 0 heterocycles. The van der Waals surface area contributed by atoms with Gasteiger partial charge in [-0.1, -0.05) is 0 Å². The van der Waals surface area contributed by atoms with Crippen LogP contribution in [0.4, 0.5) is 5.69 Å². The van der Waals surface area contributed by atoms with E-state index in [0.29, 0.717) is 17.0 Å². The van der Waals surface area contributed by atoms with Gasteiger partial charge in [0, 0.05) is 18.3 Å². The van der Waals surface area contributed by atoms with Gasteiger partial charge in [0.15, 0.2) is 0 Å². The second-order valence-corrected chi connectivity index (χ2v) is 6.42. The van der Waals surface area contributed by atoms with Crippen LogP contribution in [-0.4, -0.2) is 28.5 Å². The van der Waals surface area contributed by atoms with Gasteiger partial charge in [-0.15, -0.1) is 0 Å². The van der Waals surface area contributed by atoms with E-state index in [4.69, 9.17) is 10.00 Å². The number of carbonyl (C=O) groups excluding carboxylic acids is 1. The molecule has 0 aromatic heterocycles. The molecular weight excluding hydrogens is 330 g/mol. The predicted octanol–water partition coefficient (Wildman–Crippen LogP) is 1.73. The zero-order valence-corrected chi connectivity index (χ0v) is 13.8. The number of ether oxygens (including phenoxy) is 1. The lowest BCUT2D eigenvalue weighted by atomic mass is 10.2. The van der Waals surface area contributed by atoms with E-state index in [1.54, 1.807) is 0 Å². The number of rotatable bonds is 5. The van der Waals surface area contributed by atoms with Crippen LogP contribution in [-0.2, 0) is 10.0 Å². The van der Waals surface area contributed by atoms with Crippen molar-refractivity contribution in [3.05, 3.63) is 53.6 Å². The molecule has 0 saturated heterocycles. The number of sulfonamides is 1. The molecule has 0 fully saturated rings. The molecule has 0 bridgehead atoms. The topological polar surface area (TPSA) is 108 Å². The van der Waals surface area contributed by atoms with Crippen LogP contribution in [0.5, 0.6) is 5.75 Å². The molecule has 124 valence electrons. The Labute approximate surface area is 139 Å². The largest absolute Gasteiger partial charge is 0.495 e. The van der Waals surface area contributed by atoms with Crippen molar-refractivity contribution in [2.45, 2.75) is 4.90 Å². The van der Waals surface area contributed by atoms with Gasteiger partial charge in [0.2, 0.25) is 0 Å². The Hall–Kier alpha value is -3.05. The minimum atomic E-state index is -3.87. The summed E-state index contributed by atoms with van der Waals surface area (Å²) in [6.07, 6.45) is 0.